The Morgan fingerprint density at radius 2 is 1.81 bits per heavy atom. The highest BCUT2D eigenvalue weighted by Gasteiger charge is 2.58. The van der Waals surface area contributed by atoms with E-state index in [4.69, 9.17) is 38.5 Å². The molecule has 6 atom stereocenters. The SMILES string of the molecule is CC(=O)O[C@H]1[C@H](c2ccc3c(N)ncnn23)O[C@](C)(COP(=O)(N[C@@H](C)C(=O)OCC2CCOCC2)Oc2ccccc2)[C@H]1OC(C)=O. The fourth-order valence-electron chi connectivity index (χ4n) is 5.60. The van der Waals surface area contributed by atoms with Crippen molar-refractivity contribution in [1.29, 1.82) is 0 Å². The van der Waals surface area contributed by atoms with Crippen molar-refractivity contribution in [3.63, 3.8) is 0 Å². The number of rotatable bonds is 13. The Balaban J connectivity index is 1.41. The molecule has 5 rings (SSSR count). The Kier molecular flexibility index (Phi) is 11.0. The minimum absolute atomic E-state index is 0.162. The third kappa shape index (κ3) is 8.31. The number of fused-ring (bicyclic) bond motifs is 1. The number of esters is 3. The lowest BCUT2D eigenvalue weighted by molar-refractivity contribution is -0.169. The van der Waals surface area contributed by atoms with Gasteiger partial charge in [-0.1, -0.05) is 18.2 Å². The number of carbonyl (C=O) groups excluding carboxylic acids is 3. The van der Waals surface area contributed by atoms with Gasteiger partial charge in [0.05, 0.1) is 18.9 Å². The predicted octanol–water partition coefficient (Wildman–Crippen LogP) is 3.16. The molecule has 2 aliphatic rings. The largest absolute Gasteiger partial charge is 0.464 e. The Hall–Kier alpha value is -4.08. The highest BCUT2D eigenvalue weighted by atomic mass is 31.2. The summed E-state index contributed by atoms with van der Waals surface area (Å²) in [6, 6.07) is 10.5. The molecule has 3 aromatic rings. The summed E-state index contributed by atoms with van der Waals surface area (Å²) in [5.41, 5.74) is 5.33. The zero-order chi connectivity index (χ0) is 34.5. The van der Waals surface area contributed by atoms with Crippen LogP contribution in [0.15, 0.2) is 48.8 Å². The summed E-state index contributed by atoms with van der Waals surface area (Å²) in [5.74, 6) is -1.46. The van der Waals surface area contributed by atoms with Gasteiger partial charge in [0, 0.05) is 27.1 Å². The molecule has 3 N–H and O–H groups in total. The number of nitrogens with zero attached hydrogens (tertiary/aromatic N) is 3. The van der Waals surface area contributed by atoms with E-state index in [1.54, 1.807) is 49.4 Å². The first-order chi connectivity index (χ1) is 22.9. The molecule has 4 heterocycles. The highest BCUT2D eigenvalue weighted by molar-refractivity contribution is 7.52. The summed E-state index contributed by atoms with van der Waals surface area (Å²) in [6.45, 7) is 6.30. The molecule has 17 heteroatoms. The maximum absolute atomic E-state index is 14.3. The highest BCUT2D eigenvalue weighted by Crippen LogP contribution is 2.49. The van der Waals surface area contributed by atoms with E-state index in [0.717, 1.165) is 12.8 Å². The summed E-state index contributed by atoms with van der Waals surface area (Å²) >= 11 is 0. The van der Waals surface area contributed by atoms with Crippen LogP contribution >= 0.6 is 7.75 Å². The third-order valence-electron chi connectivity index (χ3n) is 7.99. The van der Waals surface area contributed by atoms with Crippen LogP contribution < -0.4 is 15.3 Å². The Labute approximate surface area is 277 Å². The van der Waals surface area contributed by atoms with Crippen molar-refractivity contribution < 1.29 is 51.7 Å². The van der Waals surface area contributed by atoms with Gasteiger partial charge in [-0.2, -0.15) is 10.2 Å². The molecule has 260 valence electrons. The minimum Gasteiger partial charge on any atom is -0.464 e. The number of nitrogens with two attached hydrogens (primary N) is 1. The number of anilines is 1. The monoisotopic (exact) mass is 689 g/mol. The van der Waals surface area contributed by atoms with Crippen LogP contribution in [-0.2, 0) is 47.2 Å². The predicted molar refractivity (Wildman–Crippen MR) is 168 cm³/mol. The first-order valence-corrected chi connectivity index (χ1v) is 17.0. The molecule has 2 fully saturated rings. The number of hydrogen-bond acceptors (Lipinski definition) is 14. The average molecular weight is 690 g/mol. The van der Waals surface area contributed by atoms with Crippen molar-refractivity contribution in [2.45, 2.75) is 70.5 Å². The van der Waals surface area contributed by atoms with E-state index in [1.165, 1.54) is 31.6 Å². The molecule has 0 radical (unpaired) electrons. The van der Waals surface area contributed by atoms with Crippen molar-refractivity contribution in [3.05, 3.63) is 54.5 Å². The molecule has 2 aliphatic heterocycles. The Bertz CT molecular complexity index is 1650. The van der Waals surface area contributed by atoms with Gasteiger partial charge in [0.15, 0.2) is 18.0 Å². The second-order valence-corrected chi connectivity index (χ2v) is 13.6. The molecule has 2 saturated heterocycles. The van der Waals surface area contributed by atoms with E-state index < -0.39 is 62.2 Å². The molecule has 48 heavy (non-hydrogen) atoms. The number of benzene rings is 1. The lowest BCUT2D eigenvalue weighted by atomic mass is 9.96. The van der Waals surface area contributed by atoms with E-state index in [2.05, 4.69) is 15.2 Å². The zero-order valence-electron chi connectivity index (χ0n) is 27.1. The molecular formula is C31H40N5O11P. The van der Waals surface area contributed by atoms with Gasteiger partial charge >= 0.3 is 25.7 Å². The molecule has 2 aromatic heterocycles. The molecule has 0 spiro atoms. The smallest absolute Gasteiger partial charge is 0.459 e. The molecule has 1 aromatic carbocycles. The van der Waals surface area contributed by atoms with E-state index >= 15 is 0 Å². The van der Waals surface area contributed by atoms with Crippen LogP contribution in [0.5, 0.6) is 5.75 Å². The minimum atomic E-state index is -4.38. The molecule has 16 nitrogen and oxygen atoms in total. The number of aromatic nitrogens is 3. The Morgan fingerprint density at radius 3 is 2.50 bits per heavy atom. The molecule has 1 unspecified atom stereocenters. The second kappa shape index (κ2) is 15.0. The number of hydrogen-bond donors (Lipinski definition) is 2. The average Bonchev–Trinajstić information content (AvgIpc) is 3.59. The van der Waals surface area contributed by atoms with Gasteiger partial charge in [-0.25, -0.2) is 14.1 Å². The summed E-state index contributed by atoms with van der Waals surface area (Å²) in [4.78, 5) is 41.6. The molecule has 0 amide bonds. The fraction of sp³-hybridized carbons (Fsp3) is 0.516. The van der Waals surface area contributed by atoms with Crippen LogP contribution in [0.4, 0.5) is 5.82 Å². The van der Waals surface area contributed by atoms with Crippen LogP contribution in [0.1, 0.15) is 52.3 Å². The quantitative estimate of drug-likeness (QED) is 0.150. The van der Waals surface area contributed by atoms with Crippen molar-refractivity contribution in [3.8, 4) is 5.75 Å². The van der Waals surface area contributed by atoms with Crippen LogP contribution in [-0.4, -0.2) is 82.8 Å². The summed E-state index contributed by atoms with van der Waals surface area (Å²) < 4.78 is 56.3. The van der Waals surface area contributed by atoms with Gasteiger partial charge in [0.2, 0.25) is 0 Å². The van der Waals surface area contributed by atoms with Crippen molar-refractivity contribution in [1.82, 2.24) is 19.7 Å². The molecule has 0 saturated carbocycles. The van der Waals surface area contributed by atoms with Crippen LogP contribution in [0.25, 0.3) is 5.52 Å². The number of nitrogens with one attached hydrogen (secondary N) is 1. The normalized spacial score (nSPS) is 24.8. The van der Waals surface area contributed by atoms with Crippen LogP contribution in [0.2, 0.25) is 0 Å². The molecular weight excluding hydrogens is 649 g/mol. The van der Waals surface area contributed by atoms with E-state index in [0.29, 0.717) is 24.4 Å². The van der Waals surface area contributed by atoms with Crippen molar-refractivity contribution >= 4 is 37.0 Å². The van der Waals surface area contributed by atoms with E-state index in [1.807, 2.05) is 0 Å². The molecule has 0 bridgehead atoms. The van der Waals surface area contributed by atoms with Gasteiger partial charge in [-0.3, -0.25) is 18.9 Å². The van der Waals surface area contributed by atoms with E-state index in [9.17, 15) is 18.9 Å². The number of para-hydroxylation sites is 1. The van der Waals surface area contributed by atoms with Crippen LogP contribution in [0, 0.1) is 5.92 Å². The molecule has 0 aliphatic carbocycles. The van der Waals surface area contributed by atoms with Gasteiger partial charge in [0.25, 0.3) is 0 Å². The van der Waals surface area contributed by atoms with Crippen LogP contribution in [0.3, 0.4) is 0 Å². The van der Waals surface area contributed by atoms with Gasteiger partial charge < -0.3 is 33.9 Å². The first-order valence-electron chi connectivity index (χ1n) is 15.5. The number of nitrogen functional groups attached to an aromatic ring is 1. The topological polar surface area (TPSA) is 201 Å². The lowest BCUT2D eigenvalue weighted by Gasteiger charge is -2.32. The Morgan fingerprint density at radius 1 is 1.10 bits per heavy atom. The summed E-state index contributed by atoms with van der Waals surface area (Å²) in [7, 11) is -4.38. The second-order valence-electron chi connectivity index (χ2n) is 11.9. The van der Waals surface area contributed by atoms with Crippen molar-refractivity contribution in [2.24, 2.45) is 5.92 Å². The zero-order valence-corrected chi connectivity index (χ0v) is 28.0. The fourth-order valence-corrected chi connectivity index (χ4v) is 7.19. The van der Waals surface area contributed by atoms with Crippen molar-refractivity contribution in [2.75, 3.05) is 32.2 Å². The lowest BCUT2D eigenvalue weighted by Crippen LogP contribution is -2.48. The van der Waals surface area contributed by atoms with Gasteiger partial charge in [0.1, 0.15) is 35.3 Å². The summed E-state index contributed by atoms with van der Waals surface area (Å²) in [6.07, 6.45) is -0.692. The third-order valence-corrected chi connectivity index (χ3v) is 9.61. The number of ether oxygens (including phenoxy) is 5. The maximum atomic E-state index is 14.3. The van der Waals surface area contributed by atoms with Gasteiger partial charge in [-0.05, 0) is 56.9 Å². The van der Waals surface area contributed by atoms with Gasteiger partial charge in [-0.15, -0.1) is 0 Å². The summed E-state index contributed by atoms with van der Waals surface area (Å²) in [5, 5.41) is 6.93. The maximum Gasteiger partial charge on any atom is 0.459 e. The first kappa shape index (κ1) is 35.2. The van der Waals surface area contributed by atoms with E-state index in [-0.39, 0.29) is 24.1 Å². The number of carbonyl (C=O) groups is 3. The standard InChI is InChI=1S/C31H40N5O11P/c1-19(30(39)42-16-22-12-14-41-15-13-22)35-48(40,47-23-8-6-5-7-9-23)43-17-31(4)28(45-21(3)38)27(44-20(2)37)26(46-31)24-10-11-25-29(32)33-18-34-36(24)25/h5-11,18-19,22,26-28H,12-17H2,1-4H3,(H,35,40)(H2,32,33,34)/t19-,26-,27-,28-,31+,48?/m0/s1.